The van der Waals surface area contributed by atoms with Crippen molar-refractivity contribution < 1.29 is 51.7 Å². The molecule has 0 radical (unpaired) electrons. The summed E-state index contributed by atoms with van der Waals surface area (Å²) >= 11 is 0. The molecular formula is C23H26CuF6N2O2P. The molecule has 0 saturated carbocycles. The minimum absolute atomic E-state index is 0. The number of benzene rings is 2. The molecule has 0 aromatic heterocycles. The summed E-state index contributed by atoms with van der Waals surface area (Å²) in [6, 6.07) is 20.8. The molecule has 2 aliphatic heterocycles. The number of aliphatic imine (C=N–C) groups is 2. The molecule has 0 aliphatic carbocycles. The van der Waals surface area contributed by atoms with Gasteiger partial charge >= 0.3 is 50.1 Å². The Morgan fingerprint density at radius 3 is 1.31 bits per heavy atom. The van der Waals surface area contributed by atoms with Crippen LogP contribution in [0.4, 0.5) is 25.2 Å². The molecule has 0 spiro atoms. The third-order valence-corrected chi connectivity index (χ3v) is 5.70. The summed E-state index contributed by atoms with van der Waals surface area (Å²) in [6.07, 6.45) is 1.70. The minimum Gasteiger partial charge on any atom is 1.00 e. The SMILES string of the molecule is CCC(CC)(C1=N[C@@H](c2ccccc2)CO1)C1=N[C@@H](c2ccccc2)CO1.F[P-](F)(F)(F)(F)F.[Cu+]. The van der Waals surface area contributed by atoms with E-state index in [4.69, 9.17) is 19.5 Å². The number of rotatable bonds is 6. The molecule has 4 rings (SSSR count). The normalized spacial score (nSPS) is 21.6. The number of halogens is 6. The summed E-state index contributed by atoms with van der Waals surface area (Å²) in [7, 11) is -10.7. The maximum Gasteiger partial charge on any atom is 1.00 e. The van der Waals surface area contributed by atoms with Crippen molar-refractivity contribution in [3.63, 3.8) is 0 Å². The van der Waals surface area contributed by atoms with Crippen LogP contribution in [-0.2, 0) is 26.5 Å². The van der Waals surface area contributed by atoms with E-state index in [9.17, 15) is 25.2 Å². The molecule has 0 fully saturated rings. The van der Waals surface area contributed by atoms with E-state index in [1.165, 1.54) is 11.1 Å². The second kappa shape index (κ2) is 10.1. The van der Waals surface area contributed by atoms with Crippen LogP contribution >= 0.6 is 7.81 Å². The molecule has 0 saturated heterocycles. The topological polar surface area (TPSA) is 43.2 Å². The fourth-order valence-corrected chi connectivity index (χ4v) is 3.91. The van der Waals surface area contributed by atoms with E-state index in [0.29, 0.717) is 13.2 Å². The molecule has 2 aromatic carbocycles. The molecule has 2 aromatic rings. The van der Waals surface area contributed by atoms with E-state index < -0.39 is 7.81 Å². The average Bonchev–Trinajstić information content (AvgIpc) is 3.46. The Hall–Kier alpha value is -2.09. The smallest absolute Gasteiger partial charge is 1.00 e. The number of hydrogen-bond acceptors (Lipinski definition) is 4. The van der Waals surface area contributed by atoms with Crippen molar-refractivity contribution in [1.29, 1.82) is 0 Å². The molecule has 12 heteroatoms. The molecule has 2 aliphatic rings. The van der Waals surface area contributed by atoms with Crippen molar-refractivity contribution in [1.82, 2.24) is 0 Å². The first-order chi connectivity index (χ1) is 15.7. The van der Waals surface area contributed by atoms with Gasteiger partial charge in [-0.25, -0.2) is 9.98 Å². The van der Waals surface area contributed by atoms with Gasteiger partial charge in [-0.1, -0.05) is 74.5 Å². The standard InChI is InChI=1S/C23H26N2O2.Cu.F6P/c1-3-23(4-2,21-24-19(15-26-21)17-11-7-5-8-12-17)22-25-20(16-27-22)18-13-9-6-10-14-18;;1-7(2,3,4,5)6/h5-14,19-20H,3-4,15-16H2,1-2H3;;/q;+1;-1/t19-,20-;;/m1../s1. The van der Waals surface area contributed by atoms with Crippen LogP contribution in [0.25, 0.3) is 0 Å². The molecule has 35 heavy (non-hydrogen) atoms. The van der Waals surface area contributed by atoms with Gasteiger partial charge in [0.1, 0.15) is 30.7 Å². The van der Waals surface area contributed by atoms with Gasteiger partial charge < -0.3 is 9.47 Å². The zero-order valence-corrected chi connectivity index (χ0v) is 20.8. The monoisotopic (exact) mass is 570 g/mol. The van der Waals surface area contributed by atoms with E-state index in [1.54, 1.807) is 0 Å². The van der Waals surface area contributed by atoms with Gasteiger partial charge in [0, 0.05) is 0 Å². The van der Waals surface area contributed by atoms with Gasteiger partial charge in [-0.05, 0) is 24.0 Å². The molecule has 0 N–H and O–H groups in total. The fourth-order valence-electron chi connectivity index (χ4n) is 3.91. The van der Waals surface area contributed by atoms with E-state index in [1.807, 2.05) is 36.4 Å². The Morgan fingerprint density at radius 2 is 1.03 bits per heavy atom. The average molecular weight is 571 g/mol. The molecule has 0 bridgehead atoms. The van der Waals surface area contributed by atoms with Gasteiger partial charge in [-0.15, -0.1) is 0 Å². The number of ether oxygens (including phenoxy) is 2. The van der Waals surface area contributed by atoms with Crippen LogP contribution in [0.1, 0.15) is 49.9 Å². The summed E-state index contributed by atoms with van der Waals surface area (Å²) in [5.74, 6) is 1.54. The first kappa shape index (κ1) is 29.1. The van der Waals surface area contributed by atoms with Crippen molar-refractivity contribution in [3.05, 3.63) is 71.8 Å². The van der Waals surface area contributed by atoms with E-state index in [2.05, 4.69) is 38.1 Å². The van der Waals surface area contributed by atoms with Crippen molar-refractivity contribution >= 4 is 19.6 Å². The summed E-state index contributed by atoms with van der Waals surface area (Å²) < 4.78 is 71.4. The zero-order valence-electron chi connectivity index (χ0n) is 19.0. The summed E-state index contributed by atoms with van der Waals surface area (Å²) in [5.41, 5.74) is 1.99. The Morgan fingerprint density at radius 1 is 0.714 bits per heavy atom. The van der Waals surface area contributed by atoms with Gasteiger partial charge in [0.05, 0.1) is 0 Å². The Bertz CT molecular complexity index is 968. The molecule has 4 nitrogen and oxygen atoms in total. The molecule has 2 atom stereocenters. The molecule has 0 amide bonds. The zero-order chi connectivity index (χ0) is 25.1. The van der Waals surface area contributed by atoms with Gasteiger partial charge in [0.2, 0.25) is 0 Å². The van der Waals surface area contributed by atoms with Crippen molar-refractivity contribution in [2.45, 2.75) is 38.8 Å². The Balaban J connectivity index is 0.000000476. The van der Waals surface area contributed by atoms with Crippen LogP contribution in [0.15, 0.2) is 70.6 Å². The molecular weight excluding hydrogens is 545 g/mol. The number of hydrogen-bond donors (Lipinski definition) is 0. The predicted molar refractivity (Wildman–Crippen MR) is 122 cm³/mol. The van der Waals surface area contributed by atoms with Crippen LogP contribution in [0.5, 0.6) is 0 Å². The Kier molecular flexibility index (Phi) is 8.42. The molecule has 198 valence electrons. The van der Waals surface area contributed by atoms with Gasteiger partial charge in [0.15, 0.2) is 11.8 Å². The summed E-state index contributed by atoms with van der Waals surface area (Å²) in [5, 5.41) is 0. The first-order valence-electron chi connectivity index (χ1n) is 10.8. The van der Waals surface area contributed by atoms with Crippen LogP contribution in [0.3, 0.4) is 0 Å². The van der Waals surface area contributed by atoms with Gasteiger partial charge in [-0.2, -0.15) is 0 Å². The molecule has 0 unspecified atom stereocenters. The van der Waals surface area contributed by atoms with Crippen LogP contribution < -0.4 is 0 Å². The van der Waals surface area contributed by atoms with E-state index in [0.717, 1.165) is 24.6 Å². The summed E-state index contributed by atoms with van der Waals surface area (Å²) in [4.78, 5) is 9.90. The van der Waals surface area contributed by atoms with Crippen LogP contribution in [0.2, 0.25) is 0 Å². The van der Waals surface area contributed by atoms with E-state index in [-0.39, 0.29) is 34.6 Å². The van der Waals surface area contributed by atoms with Gasteiger partial charge in [-0.3, -0.25) is 0 Å². The maximum absolute atomic E-state index is 10.7. The third-order valence-electron chi connectivity index (χ3n) is 5.70. The minimum atomic E-state index is -10.7. The van der Waals surface area contributed by atoms with Gasteiger partial charge in [0.25, 0.3) is 0 Å². The second-order valence-corrected chi connectivity index (χ2v) is 10.0. The predicted octanol–water partition coefficient (Wildman–Crippen LogP) is 8.51. The van der Waals surface area contributed by atoms with Crippen molar-refractivity contribution in [3.8, 4) is 0 Å². The summed E-state index contributed by atoms with van der Waals surface area (Å²) in [6.45, 7) is 5.48. The van der Waals surface area contributed by atoms with E-state index >= 15 is 0 Å². The quantitative estimate of drug-likeness (QED) is 0.198. The number of nitrogens with zero attached hydrogens (tertiary/aromatic N) is 2. The van der Waals surface area contributed by atoms with Crippen LogP contribution in [0, 0.1) is 5.41 Å². The molecule has 2 heterocycles. The second-order valence-electron chi connectivity index (χ2n) is 8.09. The van der Waals surface area contributed by atoms with Crippen LogP contribution in [-0.4, -0.2) is 25.0 Å². The van der Waals surface area contributed by atoms with Crippen molar-refractivity contribution in [2.75, 3.05) is 13.2 Å². The third kappa shape index (κ3) is 8.51. The Labute approximate surface area is 210 Å². The fraction of sp³-hybridized carbons (Fsp3) is 0.391. The largest absolute Gasteiger partial charge is 1.00 e. The first-order valence-corrected chi connectivity index (χ1v) is 12.8. The van der Waals surface area contributed by atoms with Crippen molar-refractivity contribution in [2.24, 2.45) is 15.4 Å². The maximum atomic E-state index is 9.87.